The van der Waals surface area contributed by atoms with E-state index < -0.39 is 0 Å². The number of anilines is 2. The van der Waals surface area contributed by atoms with E-state index in [1.54, 1.807) is 24.5 Å². The van der Waals surface area contributed by atoms with E-state index in [0.717, 1.165) is 124 Å². The number of pyridine rings is 2. The number of halogens is 2. The van der Waals surface area contributed by atoms with Crippen molar-refractivity contribution >= 4 is 45.6 Å². The highest BCUT2D eigenvalue weighted by molar-refractivity contribution is 5.80. The lowest BCUT2D eigenvalue weighted by molar-refractivity contribution is -0.143. The summed E-state index contributed by atoms with van der Waals surface area (Å²) in [6.07, 6.45) is 15.7. The number of methoxy groups -OCH3 is 2. The van der Waals surface area contributed by atoms with E-state index in [2.05, 4.69) is 39.7 Å². The Morgan fingerprint density at radius 3 is 1.38 bits per heavy atom. The van der Waals surface area contributed by atoms with Crippen LogP contribution in [0.4, 0.5) is 20.4 Å². The van der Waals surface area contributed by atoms with Crippen molar-refractivity contribution in [3.63, 3.8) is 0 Å². The number of carbonyl (C=O) groups excluding carboxylic acids is 2. The van der Waals surface area contributed by atoms with Gasteiger partial charge in [0.1, 0.15) is 34.9 Å². The maximum Gasteiger partial charge on any atom is 0.305 e. The van der Waals surface area contributed by atoms with Crippen LogP contribution in [0.1, 0.15) is 77.0 Å². The summed E-state index contributed by atoms with van der Waals surface area (Å²) in [6.45, 7) is 3.49. The van der Waals surface area contributed by atoms with Crippen LogP contribution in [-0.4, -0.2) is 107 Å². The molecule has 4 aromatic heterocycles. The summed E-state index contributed by atoms with van der Waals surface area (Å²) in [5, 5.41) is 0. The molecule has 2 aromatic carbocycles. The number of benzene rings is 2. The lowest BCUT2D eigenvalue weighted by atomic mass is 9.85. The second-order valence-electron chi connectivity index (χ2n) is 18.1. The number of rotatable bonds is 12. The molecule has 14 nitrogen and oxygen atoms in total. The number of nitrogens with one attached hydrogen (secondary N) is 2. The molecule has 6 aromatic rings. The first kappa shape index (κ1) is 45.2. The molecular formula is C50H58F2N8O6. The van der Waals surface area contributed by atoms with E-state index >= 15 is 0 Å². The molecule has 10 rings (SSSR count). The van der Waals surface area contributed by atoms with E-state index in [1.165, 1.54) is 38.5 Å². The summed E-state index contributed by atoms with van der Waals surface area (Å²) >= 11 is 0. The molecule has 1 unspecified atom stereocenters. The zero-order valence-electron chi connectivity index (χ0n) is 37.6. The van der Waals surface area contributed by atoms with Crippen LogP contribution in [0.15, 0.2) is 73.1 Å². The van der Waals surface area contributed by atoms with Crippen LogP contribution in [0.5, 0.6) is 0 Å². The number of nitrogens with zero attached hydrogens (tertiary/aromatic N) is 6. The number of esters is 2. The number of carbonyl (C=O) groups is 2. The topological polar surface area (TPSA) is 161 Å². The molecular weight excluding hydrogens is 847 g/mol. The standard InChI is InChI=1S/2C25H29FN4O3/c2*1-32-24(31)12-16-2-6-19(7-3-16)33-20-10-11-30(15-20)23-9-4-17(14-27-23)25-28-21-8-5-18(26)13-22(21)29-25/h2*4-5,8-9,13-14,16,19-20H,2-3,6-7,10-12,15H2,1H3,(H,28,29)/t16?,19?,20-;/m0./s1. The molecule has 4 fully saturated rings. The Morgan fingerprint density at radius 2 is 1.00 bits per heavy atom. The van der Waals surface area contributed by atoms with Gasteiger partial charge in [-0.2, -0.15) is 0 Å². The van der Waals surface area contributed by atoms with E-state index in [-0.39, 0.29) is 48.0 Å². The zero-order chi connectivity index (χ0) is 45.6. The largest absolute Gasteiger partial charge is 0.469 e. The minimum Gasteiger partial charge on any atom is -0.469 e. The third-order valence-corrected chi connectivity index (χ3v) is 13.6. The number of ether oxygens (including phenoxy) is 4. The minimum atomic E-state index is -0.286. The molecule has 6 heterocycles. The lowest BCUT2D eigenvalue weighted by Gasteiger charge is -2.30. The normalized spacial score (nSPS) is 23.2. The second-order valence-corrected chi connectivity index (χ2v) is 18.1. The van der Waals surface area contributed by atoms with E-state index in [0.29, 0.717) is 47.4 Å². The molecule has 0 radical (unpaired) electrons. The smallest absolute Gasteiger partial charge is 0.305 e. The van der Waals surface area contributed by atoms with Gasteiger partial charge in [-0.3, -0.25) is 9.59 Å². The molecule has 0 amide bonds. The molecule has 2 saturated heterocycles. The van der Waals surface area contributed by atoms with Crippen LogP contribution in [0.2, 0.25) is 0 Å². The highest BCUT2D eigenvalue weighted by Crippen LogP contribution is 2.34. The van der Waals surface area contributed by atoms with Gasteiger partial charge in [0.2, 0.25) is 0 Å². The van der Waals surface area contributed by atoms with Crippen molar-refractivity contribution in [1.29, 1.82) is 0 Å². The Kier molecular flexibility index (Phi) is 14.1. The zero-order valence-corrected chi connectivity index (χ0v) is 37.6. The van der Waals surface area contributed by atoms with Gasteiger partial charge in [0, 0.05) is 62.5 Å². The predicted octanol–water partition coefficient (Wildman–Crippen LogP) is 8.96. The monoisotopic (exact) mass is 904 g/mol. The summed E-state index contributed by atoms with van der Waals surface area (Å²) in [4.78, 5) is 52.1. The number of aromatic amines is 2. The van der Waals surface area contributed by atoms with Gasteiger partial charge in [0.05, 0.1) is 60.7 Å². The fraction of sp³-hybridized carbons (Fsp3) is 0.480. The summed E-state index contributed by atoms with van der Waals surface area (Å²) < 4.78 is 49.2. The maximum absolute atomic E-state index is 13.4. The number of imidazole rings is 2. The van der Waals surface area contributed by atoms with Crippen molar-refractivity contribution in [3.8, 4) is 22.8 Å². The number of hydrogen-bond donors (Lipinski definition) is 2. The number of hydrogen-bond acceptors (Lipinski definition) is 12. The van der Waals surface area contributed by atoms with Crippen LogP contribution in [0.3, 0.4) is 0 Å². The van der Waals surface area contributed by atoms with Crippen LogP contribution in [-0.2, 0) is 28.5 Å². The average molecular weight is 905 g/mol. The summed E-state index contributed by atoms with van der Waals surface area (Å²) in [5.41, 5.74) is 4.54. The van der Waals surface area contributed by atoms with Crippen LogP contribution in [0.25, 0.3) is 44.8 Å². The van der Waals surface area contributed by atoms with Crippen molar-refractivity contribution in [1.82, 2.24) is 29.9 Å². The Hall–Kier alpha value is -6.00. The number of aromatic nitrogens is 6. The molecule has 2 aliphatic heterocycles. The highest BCUT2D eigenvalue weighted by atomic mass is 19.1. The molecule has 2 saturated carbocycles. The van der Waals surface area contributed by atoms with Crippen molar-refractivity contribution in [2.45, 2.75) is 101 Å². The molecule has 0 spiro atoms. The quantitative estimate of drug-likeness (QED) is 0.112. The minimum absolute atomic E-state index is 0.112. The van der Waals surface area contributed by atoms with Gasteiger partial charge in [-0.05, 0) is 137 Å². The number of H-pyrrole nitrogens is 2. The fourth-order valence-electron chi connectivity index (χ4n) is 9.88. The van der Waals surface area contributed by atoms with Gasteiger partial charge in [0.25, 0.3) is 0 Å². The lowest BCUT2D eigenvalue weighted by Crippen LogP contribution is -2.30. The second kappa shape index (κ2) is 20.7. The van der Waals surface area contributed by atoms with Gasteiger partial charge in [-0.1, -0.05) is 0 Å². The third kappa shape index (κ3) is 11.2. The average Bonchev–Trinajstić information content (AvgIpc) is 4.18. The molecule has 4 aliphatic rings. The Balaban J connectivity index is 0.000000166. The van der Waals surface area contributed by atoms with E-state index in [4.69, 9.17) is 18.9 Å². The number of fused-ring (bicyclic) bond motifs is 2. The van der Waals surface area contributed by atoms with Crippen LogP contribution in [0, 0.1) is 23.5 Å². The molecule has 66 heavy (non-hydrogen) atoms. The van der Waals surface area contributed by atoms with Crippen LogP contribution >= 0.6 is 0 Å². The fourth-order valence-corrected chi connectivity index (χ4v) is 9.88. The molecule has 348 valence electrons. The van der Waals surface area contributed by atoms with E-state index in [9.17, 15) is 18.4 Å². The molecule has 2 N–H and O–H groups in total. The maximum atomic E-state index is 13.4. The molecule has 2 atom stereocenters. The van der Waals surface area contributed by atoms with Gasteiger partial charge in [-0.15, -0.1) is 0 Å². The molecule has 2 aliphatic carbocycles. The van der Waals surface area contributed by atoms with Gasteiger partial charge < -0.3 is 38.7 Å². The Labute approximate surface area is 382 Å². The summed E-state index contributed by atoms with van der Waals surface area (Å²) in [6, 6.07) is 17.0. The molecule has 16 heteroatoms. The van der Waals surface area contributed by atoms with Crippen molar-refractivity contribution < 1.29 is 37.3 Å². The first-order chi connectivity index (χ1) is 32.1. The Bertz CT molecular complexity index is 2390. The summed E-state index contributed by atoms with van der Waals surface area (Å²) in [5.74, 6) is 3.26. The van der Waals surface area contributed by atoms with Crippen molar-refractivity contribution in [3.05, 3.63) is 84.7 Å². The van der Waals surface area contributed by atoms with Gasteiger partial charge in [-0.25, -0.2) is 28.7 Å². The first-order valence-corrected chi connectivity index (χ1v) is 23.3. The Morgan fingerprint density at radius 1 is 0.576 bits per heavy atom. The molecule has 0 bridgehead atoms. The predicted molar refractivity (Wildman–Crippen MR) is 247 cm³/mol. The first-order valence-electron chi connectivity index (χ1n) is 23.3. The van der Waals surface area contributed by atoms with Crippen LogP contribution < -0.4 is 9.80 Å². The van der Waals surface area contributed by atoms with Gasteiger partial charge >= 0.3 is 11.9 Å². The van der Waals surface area contributed by atoms with Crippen molar-refractivity contribution in [2.75, 3.05) is 50.2 Å². The van der Waals surface area contributed by atoms with Gasteiger partial charge in [0.15, 0.2) is 0 Å². The third-order valence-electron chi connectivity index (χ3n) is 13.6. The van der Waals surface area contributed by atoms with Crippen molar-refractivity contribution in [2.24, 2.45) is 11.8 Å². The highest BCUT2D eigenvalue weighted by Gasteiger charge is 2.32. The van der Waals surface area contributed by atoms with E-state index in [1.807, 2.05) is 24.3 Å². The SMILES string of the molecule is COC(=O)CC1CCC(OC2CCN(c3ccc(-c4nc5ccc(F)cc5[nH]4)cn3)C2)CC1.COC(=O)CC1CCC(O[C@H]2CCN(c3ccc(-c4nc5ccc(F)cc5[nH]4)cn3)C2)CC1. The summed E-state index contributed by atoms with van der Waals surface area (Å²) in [7, 11) is 2.90.